The van der Waals surface area contributed by atoms with Crippen LogP contribution in [0.4, 0.5) is 0 Å². The first-order valence-electron chi connectivity index (χ1n) is 4.66. The topological polar surface area (TPSA) is 46.2 Å². The van der Waals surface area contributed by atoms with Crippen molar-refractivity contribution in [3.05, 3.63) is 22.4 Å². The Bertz CT molecular complexity index is 235. The summed E-state index contributed by atoms with van der Waals surface area (Å²) in [5, 5.41) is 11.3. The molecule has 0 bridgehead atoms. The van der Waals surface area contributed by atoms with Crippen LogP contribution in [-0.2, 0) is 5.54 Å². The van der Waals surface area contributed by atoms with E-state index in [-0.39, 0.29) is 6.61 Å². The molecule has 0 aliphatic heterocycles. The number of thiophene rings is 1. The predicted octanol–water partition coefficient (Wildman–Crippen LogP) is 2.08. The zero-order chi connectivity index (χ0) is 9.73. The Hall–Kier alpha value is -0.380. The van der Waals surface area contributed by atoms with Crippen molar-refractivity contribution in [3.8, 4) is 0 Å². The maximum atomic E-state index is 9.27. The SMILES string of the molecule is CCCCC(N)(CO)c1cccs1. The zero-order valence-electron chi connectivity index (χ0n) is 7.99. The van der Waals surface area contributed by atoms with Gasteiger partial charge in [0.1, 0.15) is 0 Å². The van der Waals surface area contributed by atoms with Crippen molar-refractivity contribution in [1.29, 1.82) is 0 Å². The maximum Gasteiger partial charge on any atom is 0.0737 e. The van der Waals surface area contributed by atoms with Crippen LogP contribution < -0.4 is 5.73 Å². The van der Waals surface area contributed by atoms with Crippen molar-refractivity contribution in [2.24, 2.45) is 5.73 Å². The van der Waals surface area contributed by atoms with Crippen molar-refractivity contribution in [3.63, 3.8) is 0 Å². The molecule has 1 aromatic rings. The average Bonchev–Trinajstić information content (AvgIpc) is 2.67. The Morgan fingerprint density at radius 1 is 1.62 bits per heavy atom. The third-order valence-corrected chi connectivity index (χ3v) is 3.36. The highest BCUT2D eigenvalue weighted by molar-refractivity contribution is 7.10. The number of rotatable bonds is 5. The fourth-order valence-electron chi connectivity index (χ4n) is 1.33. The van der Waals surface area contributed by atoms with Crippen LogP contribution in [0.3, 0.4) is 0 Å². The molecule has 3 N–H and O–H groups in total. The fraction of sp³-hybridized carbons (Fsp3) is 0.600. The molecule has 2 nitrogen and oxygen atoms in total. The van der Waals surface area contributed by atoms with Crippen molar-refractivity contribution < 1.29 is 5.11 Å². The van der Waals surface area contributed by atoms with Gasteiger partial charge >= 0.3 is 0 Å². The molecule has 1 atom stereocenters. The second-order valence-electron chi connectivity index (χ2n) is 3.40. The van der Waals surface area contributed by atoms with E-state index in [1.54, 1.807) is 11.3 Å². The largest absolute Gasteiger partial charge is 0.394 e. The van der Waals surface area contributed by atoms with Crippen LogP contribution in [-0.4, -0.2) is 11.7 Å². The smallest absolute Gasteiger partial charge is 0.0737 e. The highest BCUT2D eigenvalue weighted by atomic mass is 32.1. The Labute approximate surface area is 83.4 Å². The van der Waals surface area contributed by atoms with Crippen molar-refractivity contribution in [2.75, 3.05) is 6.61 Å². The molecule has 0 aromatic carbocycles. The van der Waals surface area contributed by atoms with Gasteiger partial charge in [-0.05, 0) is 17.9 Å². The number of hydrogen-bond donors (Lipinski definition) is 2. The first-order chi connectivity index (χ1) is 6.23. The molecule has 74 valence electrons. The third kappa shape index (κ3) is 2.53. The minimum Gasteiger partial charge on any atom is -0.394 e. The lowest BCUT2D eigenvalue weighted by Crippen LogP contribution is -2.39. The molecule has 13 heavy (non-hydrogen) atoms. The van der Waals surface area contributed by atoms with Crippen molar-refractivity contribution in [1.82, 2.24) is 0 Å². The molecule has 0 aliphatic carbocycles. The highest BCUT2D eigenvalue weighted by Gasteiger charge is 2.26. The van der Waals surface area contributed by atoms with Crippen molar-refractivity contribution in [2.45, 2.75) is 31.7 Å². The summed E-state index contributed by atoms with van der Waals surface area (Å²) in [4.78, 5) is 1.09. The zero-order valence-corrected chi connectivity index (χ0v) is 8.81. The summed E-state index contributed by atoms with van der Waals surface area (Å²) >= 11 is 1.62. The first kappa shape index (κ1) is 10.7. The van der Waals surface area contributed by atoms with E-state index >= 15 is 0 Å². The summed E-state index contributed by atoms with van der Waals surface area (Å²) in [6.07, 6.45) is 3.04. The fourth-order valence-corrected chi connectivity index (χ4v) is 2.20. The van der Waals surface area contributed by atoms with E-state index in [4.69, 9.17) is 5.73 Å². The lowest BCUT2D eigenvalue weighted by Gasteiger charge is -2.25. The summed E-state index contributed by atoms with van der Waals surface area (Å²) in [7, 11) is 0. The summed E-state index contributed by atoms with van der Waals surface area (Å²) in [6.45, 7) is 2.17. The van der Waals surface area contributed by atoms with Gasteiger partial charge in [-0.3, -0.25) is 0 Å². The molecule has 1 rings (SSSR count). The van der Waals surface area contributed by atoms with Gasteiger partial charge in [0.2, 0.25) is 0 Å². The monoisotopic (exact) mass is 199 g/mol. The minimum absolute atomic E-state index is 0.0352. The van der Waals surface area contributed by atoms with Crippen LogP contribution in [0.15, 0.2) is 17.5 Å². The second-order valence-corrected chi connectivity index (χ2v) is 4.34. The second kappa shape index (κ2) is 4.74. The van der Waals surface area contributed by atoms with E-state index < -0.39 is 5.54 Å². The lowest BCUT2D eigenvalue weighted by molar-refractivity contribution is 0.187. The van der Waals surface area contributed by atoms with E-state index in [0.29, 0.717) is 0 Å². The molecular formula is C10H17NOS. The van der Waals surface area contributed by atoms with Crippen LogP contribution in [0.5, 0.6) is 0 Å². The lowest BCUT2D eigenvalue weighted by atomic mass is 9.93. The van der Waals surface area contributed by atoms with Gasteiger partial charge in [-0.1, -0.05) is 25.8 Å². The summed E-state index contributed by atoms with van der Waals surface area (Å²) in [6, 6.07) is 3.97. The molecule has 3 heteroatoms. The quantitative estimate of drug-likeness (QED) is 0.762. The minimum atomic E-state index is -0.510. The molecule has 1 unspecified atom stereocenters. The molecule has 0 fully saturated rings. The van der Waals surface area contributed by atoms with E-state index in [1.165, 1.54) is 0 Å². The van der Waals surface area contributed by atoms with Gasteiger partial charge in [-0.25, -0.2) is 0 Å². The van der Waals surface area contributed by atoms with E-state index in [9.17, 15) is 5.11 Å². The van der Waals surface area contributed by atoms with Gasteiger partial charge in [-0.2, -0.15) is 0 Å². The maximum absolute atomic E-state index is 9.27. The molecule has 0 radical (unpaired) electrons. The number of aliphatic hydroxyl groups is 1. The predicted molar refractivity (Wildman–Crippen MR) is 56.8 cm³/mol. The number of aliphatic hydroxyl groups excluding tert-OH is 1. The molecule has 0 spiro atoms. The highest BCUT2D eigenvalue weighted by Crippen LogP contribution is 2.27. The Morgan fingerprint density at radius 2 is 2.38 bits per heavy atom. The molecular weight excluding hydrogens is 182 g/mol. The third-order valence-electron chi connectivity index (χ3n) is 2.27. The molecule has 0 amide bonds. The van der Waals surface area contributed by atoms with Gasteiger partial charge in [0.15, 0.2) is 0 Å². The number of nitrogens with two attached hydrogens (primary N) is 1. The number of unbranched alkanes of at least 4 members (excludes halogenated alkanes) is 1. The van der Waals surface area contributed by atoms with E-state index in [0.717, 1.165) is 24.1 Å². The Kier molecular flexibility index (Phi) is 3.90. The molecule has 0 saturated carbocycles. The Balaban J connectivity index is 2.69. The van der Waals surface area contributed by atoms with Crippen LogP contribution in [0.25, 0.3) is 0 Å². The summed E-state index contributed by atoms with van der Waals surface area (Å²) < 4.78 is 0. The van der Waals surface area contributed by atoms with Crippen LogP contribution in [0.2, 0.25) is 0 Å². The van der Waals surface area contributed by atoms with Crippen LogP contribution in [0.1, 0.15) is 31.1 Å². The molecule has 1 heterocycles. The summed E-state index contributed by atoms with van der Waals surface area (Å²) in [5.74, 6) is 0. The van der Waals surface area contributed by atoms with E-state index in [2.05, 4.69) is 6.92 Å². The van der Waals surface area contributed by atoms with Gasteiger partial charge < -0.3 is 10.8 Å². The normalized spacial score (nSPS) is 15.6. The standard InChI is InChI=1S/C10H17NOS/c1-2-3-6-10(11,8-12)9-5-4-7-13-9/h4-5,7,12H,2-3,6,8,11H2,1H3. The molecule has 0 aliphatic rings. The van der Waals surface area contributed by atoms with Crippen LogP contribution >= 0.6 is 11.3 Å². The average molecular weight is 199 g/mol. The number of hydrogen-bond acceptors (Lipinski definition) is 3. The van der Waals surface area contributed by atoms with E-state index in [1.807, 2.05) is 17.5 Å². The molecule has 1 aromatic heterocycles. The molecule has 0 saturated heterocycles. The van der Waals surface area contributed by atoms with Gasteiger partial charge in [0.05, 0.1) is 12.1 Å². The summed E-state index contributed by atoms with van der Waals surface area (Å²) in [5.41, 5.74) is 5.60. The Morgan fingerprint density at radius 3 is 2.85 bits per heavy atom. The van der Waals surface area contributed by atoms with Crippen molar-refractivity contribution >= 4 is 11.3 Å². The van der Waals surface area contributed by atoms with Gasteiger partial charge in [0.25, 0.3) is 0 Å². The van der Waals surface area contributed by atoms with Gasteiger partial charge in [0, 0.05) is 4.88 Å². The van der Waals surface area contributed by atoms with Crippen LogP contribution in [0, 0.1) is 0 Å². The first-order valence-corrected chi connectivity index (χ1v) is 5.54. The van der Waals surface area contributed by atoms with Gasteiger partial charge in [-0.15, -0.1) is 11.3 Å².